The molecule has 0 amide bonds. The molecule has 0 aliphatic carbocycles. The summed E-state index contributed by atoms with van der Waals surface area (Å²) in [4.78, 5) is 9.48. The lowest BCUT2D eigenvalue weighted by Crippen LogP contribution is -2.44. The van der Waals surface area contributed by atoms with Crippen molar-refractivity contribution in [2.75, 3.05) is 0 Å². The van der Waals surface area contributed by atoms with Crippen LogP contribution in [0.25, 0.3) is 33.9 Å². The van der Waals surface area contributed by atoms with Gasteiger partial charge in [-0.3, -0.25) is 0 Å². The minimum Gasteiger partial charge on any atom is -0.512 e. The normalized spacial score (nSPS) is 11.3. The van der Waals surface area contributed by atoms with E-state index >= 15 is 0 Å². The molecule has 186 valence electrons. The molecule has 36 heavy (non-hydrogen) atoms. The largest absolute Gasteiger partial charge is 0.707 e. The van der Waals surface area contributed by atoms with E-state index < -0.39 is 18.5 Å². The van der Waals surface area contributed by atoms with Crippen LogP contribution < -0.4 is 4.65 Å². The van der Waals surface area contributed by atoms with Gasteiger partial charge in [-0.25, -0.2) is 9.97 Å². The van der Waals surface area contributed by atoms with Crippen LogP contribution in [0.4, 0.5) is 0 Å². The van der Waals surface area contributed by atoms with Crippen molar-refractivity contribution < 1.29 is 24.9 Å². The molecule has 0 unspecified atom stereocenters. The highest BCUT2D eigenvalue weighted by atomic mass is 16.6. The van der Waals surface area contributed by atoms with Crippen molar-refractivity contribution in [1.29, 1.82) is 0 Å². The lowest BCUT2D eigenvalue weighted by Gasteiger charge is -2.31. The standard InChI is InChI=1S/C22H17BN2O3.C6H14O2/c26-23(27)28-19-13-11-18(12-14-19)22-24-20(16-7-3-1-4-8-16)15-21(25-22)17-9-5-2-6-10-17;1-5(2,7)6(3,4)8/h1-15,26-27H;7-8H,1-4H3. The molecule has 0 aliphatic heterocycles. The van der Waals surface area contributed by atoms with Crippen LogP contribution in [-0.2, 0) is 0 Å². The number of rotatable bonds is 6. The first-order valence-corrected chi connectivity index (χ1v) is 11.5. The second kappa shape index (κ2) is 11.5. The fourth-order valence-electron chi connectivity index (χ4n) is 2.89. The highest BCUT2D eigenvalue weighted by Crippen LogP contribution is 2.28. The van der Waals surface area contributed by atoms with Gasteiger partial charge < -0.3 is 24.9 Å². The molecule has 3 aromatic carbocycles. The van der Waals surface area contributed by atoms with Crippen LogP contribution in [0.1, 0.15) is 27.7 Å². The van der Waals surface area contributed by atoms with E-state index in [1.54, 1.807) is 52.0 Å². The van der Waals surface area contributed by atoms with Crippen molar-refractivity contribution in [1.82, 2.24) is 9.97 Å². The van der Waals surface area contributed by atoms with Gasteiger partial charge in [0.05, 0.1) is 22.6 Å². The van der Waals surface area contributed by atoms with E-state index in [9.17, 15) is 0 Å². The summed E-state index contributed by atoms with van der Waals surface area (Å²) in [6.07, 6.45) is 0. The Balaban J connectivity index is 0.000000392. The Bertz CT molecular complexity index is 1170. The second-order valence-corrected chi connectivity index (χ2v) is 9.28. The average Bonchev–Trinajstić information content (AvgIpc) is 2.84. The summed E-state index contributed by atoms with van der Waals surface area (Å²) in [6.45, 7) is 6.31. The maximum absolute atomic E-state index is 9.10. The molecule has 8 heteroatoms. The number of benzene rings is 3. The van der Waals surface area contributed by atoms with E-state index in [4.69, 9.17) is 34.9 Å². The van der Waals surface area contributed by atoms with E-state index in [0.29, 0.717) is 11.6 Å². The number of hydrogen-bond donors (Lipinski definition) is 4. The van der Waals surface area contributed by atoms with Crippen molar-refractivity contribution >= 4 is 7.32 Å². The molecule has 0 radical (unpaired) electrons. The summed E-state index contributed by atoms with van der Waals surface area (Å²) < 4.78 is 4.86. The van der Waals surface area contributed by atoms with Crippen molar-refractivity contribution in [2.45, 2.75) is 38.9 Å². The van der Waals surface area contributed by atoms with Crippen molar-refractivity contribution in [3.8, 4) is 39.7 Å². The van der Waals surface area contributed by atoms with Gasteiger partial charge in [-0.2, -0.15) is 0 Å². The molecule has 4 N–H and O–H groups in total. The van der Waals surface area contributed by atoms with Crippen molar-refractivity contribution in [3.63, 3.8) is 0 Å². The number of nitrogens with zero attached hydrogens (tertiary/aromatic N) is 2. The lowest BCUT2D eigenvalue weighted by molar-refractivity contribution is -0.107. The number of aromatic nitrogens is 2. The van der Waals surface area contributed by atoms with Gasteiger partial charge in [-0.15, -0.1) is 0 Å². The highest BCUT2D eigenvalue weighted by molar-refractivity contribution is 6.33. The SMILES string of the molecule is CC(C)(O)C(C)(C)O.OB(O)Oc1ccc(-c2nc(-c3ccccc3)cc(-c3ccccc3)n2)cc1. The van der Waals surface area contributed by atoms with Gasteiger partial charge in [-0.05, 0) is 58.0 Å². The Labute approximate surface area is 211 Å². The van der Waals surface area contributed by atoms with E-state index in [1.807, 2.05) is 66.7 Å². The van der Waals surface area contributed by atoms with E-state index in [-0.39, 0.29) is 0 Å². The molecular formula is C28H31BN2O5. The summed E-state index contributed by atoms with van der Waals surface area (Å²) in [5.74, 6) is 0.928. The summed E-state index contributed by atoms with van der Waals surface area (Å²) >= 11 is 0. The minimum atomic E-state index is -1.85. The average molecular weight is 486 g/mol. The summed E-state index contributed by atoms with van der Waals surface area (Å²) in [5.41, 5.74) is 2.46. The monoisotopic (exact) mass is 486 g/mol. The molecular weight excluding hydrogens is 455 g/mol. The summed E-state index contributed by atoms with van der Waals surface area (Å²) in [7, 11) is -1.85. The molecule has 7 nitrogen and oxygen atoms in total. The first-order chi connectivity index (χ1) is 16.9. The van der Waals surface area contributed by atoms with Gasteiger partial charge in [0.15, 0.2) is 5.82 Å². The molecule has 0 fully saturated rings. The van der Waals surface area contributed by atoms with Gasteiger partial charge in [0.25, 0.3) is 0 Å². The molecule has 0 aliphatic rings. The zero-order chi connectivity index (χ0) is 26.3. The summed E-state index contributed by atoms with van der Waals surface area (Å²) in [6, 6.07) is 28.8. The van der Waals surface area contributed by atoms with Crippen LogP contribution in [0.3, 0.4) is 0 Å². The molecule has 1 aromatic heterocycles. The molecule has 1 heterocycles. The van der Waals surface area contributed by atoms with Gasteiger partial charge in [0.1, 0.15) is 5.75 Å². The van der Waals surface area contributed by atoms with E-state index in [0.717, 1.165) is 28.1 Å². The predicted molar refractivity (Wildman–Crippen MR) is 142 cm³/mol. The van der Waals surface area contributed by atoms with Crippen LogP contribution in [0.15, 0.2) is 91.0 Å². The third kappa shape index (κ3) is 7.47. The topological polar surface area (TPSA) is 116 Å². The van der Waals surface area contributed by atoms with Crippen LogP contribution >= 0.6 is 0 Å². The van der Waals surface area contributed by atoms with Crippen LogP contribution in [-0.4, -0.2) is 48.8 Å². The van der Waals surface area contributed by atoms with E-state index in [2.05, 4.69) is 0 Å². The van der Waals surface area contributed by atoms with Gasteiger partial charge in [0.2, 0.25) is 0 Å². The number of aliphatic hydroxyl groups is 2. The Morgan fingerprint density at radius 2 is 1.03 bits per heavy atom. The Kier molecular flexibility index (Phi) is 8.60. The molecule has 0 spiro atoms. The minimum absolute atomic E-state index is 0.348. The molecule has 0 bridgehead atoms. The van der Waals surface area contributed by atoms with Crippen molar-refractivity contribution in [3.05, 3.63) is 91.0 Å². The third-order valence-electron chi connectivity index (χ3n) is 5.72. The van der Waals surface area contributed by atoms with Crippen LogP contribution in [0.5, 0.6) is 5.75 Å². The second-order valence-electron chi connectivity index (χ2n) is 9.28. The maximum atomic E-state index is 9.10. The van der Waals surface area contributed by atoms with E-state index in [1.165, 1.54) is 0 Å². The quantitative estimate of drug-likeness (QED) is 0.300. The van der Waals surface area contributed by atoms with Gasteiger partial charge >= 0.3 is 7.32 Å². The Morgan fingerprint density at radius 1 is 0.611 bits per heavy atom. The molecule has 4 rings (SSSR count). The highest BCUT2D eigenvalue weighted by Gasteiger charge is 2.31. The smallest absolute Gasteiger partial charge is 0.512 e. The fourth-order valence-corrected chi connectivity index (χ4v) is 2.89. The predicted octanol–water partition coefficient (Wildman–Crippen LogP) is 4.35. The zero-order valence-electron chi connectivity index (χ0n) is 20.8. The lowest BCUT2D eigenvalue weighted by atomic mass is 9.90. The Hall–Kier alpha value is -3.56. The zero-order valence-corrected chi connectivity index (χ0v) is 20.8. The molecule has 0 saturated carbocycles. The van der Waals surface area contributed by atoms with Crippen LogP contribution in [0, 0.1) is 0 Å². The van der Waals surface area contributed by atoms with Crippen LogP contribution in [0.2, 0.25) is 0 Å². The number of hydrogen-bond acceptors (Lipinski definition) is 7. The first-order valence-electron chi connectivity index (χ1n) is 11.5. The first kappa shape index (κ1) is 27.0. The molecule has 0 saturated heterocycles. The third-order valence-corrected chi connectivity index (χ3v) is 5.72. The van der Waals surface area contributed by atoms with Gasteiger partial charge in [-0.1, -0.05) is 60.7 Å². The van der Waals surface area contributed by atoms with Gasteiger partial charge in [0, 0.05) is 16.7 Å². The molecule has 4 aromatic rings. The van der Waals surface area contributed by atoms with Crippen molar-refractivity contribution in [2.24, 2.45) is 0 Å². The maximum Gasteiger partial charge on any atom is 0.707 e. The molecule has 0 atom stereocenters. The Morgan fingerprint density at radius 3 is 1.39 bits per heavy atom. The summed E-state index contributed by atoms with van der Waals surface area (Å²) in [5, 5.41) is 36.1. The fraction of sp³-hybridized carbons (Fsp3) is 0.214.